The quantitative estimate of drug-likeness (QED) is 0.792. The number of hydrogen-bond acceptors (Lipinski definition) is 2. The summed E-state index contributed by atoms with van der Waals surface area (Å²) in [4.78, 5) is 10.6. The fraction of sp³-hybridized carbons (Fsp3) is 0. The predicted octanol–water partition coefficient (Wildman–Crippen LogP) is 2.88. The predicted molar refractivity (Wildman–Crippen MR) is 48.7 cm³/mol. The Morgan fingerprint density at radius 1 is 1.36 bits per heavy atom. The first-order valence-corrected chi connectivity index (χ1v) is 4.52. The van der Waals surface area contributed by atoms with Crippen LogP contribution in [0.15, 0.2) is 18.2 Å². The summed E-state index contributed by atoms with van der Waals surface area (Å²) in [6.07, 6.45) is 0. The molecule has 0 atom stereocenters. The smallest absolute Gasteiger partial charge is 0.345 e. The molecule has 1 heterocycles. The molecule has 0 aliphatic rings. The van der Waals surface area contributed by atoms with Gasteiger partial charge in [0.2, 0.25) is 0 Å². The molecule has 0 aliphatic heterocycles. The van der Waals surface area contributed by atoms with E-state index in [9.17, 15) is 13.6 Å². The largest absolute Gasteiger partial charge is 0.477 e. The second-order valence-corrected chi connectivity index (χ2v) is 3.77. The molecule has 1 N–H and O–H groups in total. The first-order valence-electron chi connectivity index (χ1n) is 3.70. The second-order valence-electron chi connectivity index (χ2n) is 2.69. The molecule has 1 aromatic heterocycles. The molecule has 2 aromatic rings. The third-order valence-corrected chi connectivity index (χ3v) is 2.89. The third-order valence-electron chi connectivity index (χ3n) is 1.80. The summed E-state index contributed by atoms with van der Waals surface area (Å²) < 4.78 is 26.3. The van der Waals surface area contributed by atoms with Gasteiger partial charge in [0.25, 0.3) is 0 Å². The number of aromatic carboxylic acids is 1. The molecule has 0 radical (unpaired) electrons. The average Bonchev–Trinajstić information content (AvgIpc) is 2.56. The SMILES string of the molecule is O=C(O)c1cc2c(F)c(F)ccc2s1. The molecule has 0 unspecified atom stereocenters. The maximum absolute atomic E-state index is 13.1. The first kappa shape index (κ1) is 9.08. The summed E-state index contributed by atoms with van der Waals surface area (Å²) in [5.74, 6) is -3.09. The lowest BCUT2D eigenvalue weighted by atomic mass is 10.2. The van der Waals surface area contributed by atoms with Gasteiger partial charge in [-0.2, -0.15) is 0 Å². The van der Waals surface area contributed by atoms with Crippen LogP contribution in [-0.2, 0) is 0 Å². The highest BCUT2D eigenvalue weighted by atomic mass is 32.1. The summed E-state index contributed by atoms with van der Waals surface area (Å²) in [7, 11) is 0. The van der Waals surface area contributed by atoms with Gasteiger partial charge in [-0.15, -0.1) is 11.3 Å². The van der Waals surface area contributed by atoms with E-state index in [0.29, 0.717) is 4.70 Å². The zero-order valence-electron chi connectivity index (χ0n) is 6.75. The van der Waals surface area contributed by atoms with E-state index in [1.54, 1.807) is 0 Å². The van der Waals surface area contributed by atoms with Gasteiger partial charge in [-0.1, -0.05) is 0 Å². The van der Waals surface area contributed by atoms with Crippen LogP contribution in [-0.4, -0.2) is 11.1 Å². The minimum Gasteiger partial charge on any atom is -0.477 e. The number of halogens is 2. The van der Waals surface area contributed by atoms with Gasteiger partial charge in [-0.3, -0.25) is 0 Å². The van der Waals surface area contributed by atoms with Crippen molar-refractivity contribution in [2.24, 2.45) is 0 Å². The van der Waals surface area contributed by atoms with E-state index >= 15 is 0 Å². The number of rotatable bonds is 1. The number of thiophene rings is 1. The lowest BCUT2D eigenvalue weighted by Gasteiger charge is -1.92. The van der Waals surface area contributed by atoms with Gasteiger partial charge in [0.05, 0.1) is 0 Å². The molecule has 2 rings (SSSR count). The Morgan fingerprint density at radius 3 is 2.71 bits per heavy atom. The maximum atomic E-state index is 13.1. The number of carboxylic acids is 1. The van der Waals surface area contributed by atoms with Crippen LogP contribution in [0, 0.1) is 11.6 Å². The molecule has 0 bridgehead atoms. The van der Waals surface area contributed by atoms with Crippen molar-refractivity contribution >= 4 is 27.4 Å². The molecule has 0 amide bonds. The molecule has 0 saturated carbocycles. The van der Waals surface area contributed by atoms with E-state index in [-0.39, 0.29) is 10.3 Å². The van der Waals surface area contributed by atoms with Gasteiger partial charge < -0.3 is 5.11 Å². The monoisotopic (exact) mass is 214 g/mol. The van der Waals surface area contributed by atoms with Crippen LogP contribution in [0.2, 0.25) is 0 Å². The average molecular weight is 214 g/mol. The van der Waals surface area contributed by atoms with Crippen LogP contribution in [0.25, 0.3) is 10.1 Å². The number of carbonyl (C=O) groups is 1. The fourth-order valence-electron chi connectivity index (χ4n) is 1.16. The van der Waals surface area contributed by atoms with E-state index in [1.165, 1.54) is 6.07 Å². The van der Waals surface area contributed by atoms with Crippen molar-refractivity contribution in [2.45, 2.75) is 0 Å². The third kappa shape index (κ3) is 1.26. The summed E-state index contributed by atoms with van der Waals surface area (Å²) in [6, 6.07) is 3.49. The minimum absolute atomic E-state index is 0.00417. The first-order chi connectivity index (χ1) is 6.59. The molecule has 0 spiro atoms. The van der Waals surface area contributed by atoms with Gasteiger partial charge in [-0.05, 0) is 18.2 Å². The zero-order valence-corrected chi connectivity index (χ0v) is 7.57. The molecule has 5 heteroatoms. The van der Waals surface area contributed by atoms with E-state index < -0.39 is 17.6 Å². The zero-order chi connectivity index (χ0) is 10.3. The van der Waals surface area contributed by atoms with Crippen molar-refractivity contribution in [1.82, 2.24) is 0 Å². The molecule has 2 nitrogen and oxygen atoms in total. The Balaban J connectivity index is 2.77. The lowest BCUT2D eigenvalue weighted by molar-refractivity contribution is 0.0702. The van der Waals surface area contributed by atoms with Crippen LogP contribution >= 0.6 is 11.3 Å². The molecule has 0 fully saturated rings. The van der Waals surface area contributed by atoms with Gasteiger partial charge in [-0.25, -0.2) is 13.6 Å². The van der Waals surface area contributed by atoms with Crippen molar-refractivity contribution in [3.8, 4) is 0 Å². The fourth-order valence-corrected chi connectivity index (χ4v) is 2.05. The molecule has 14 heavy (non-hydrogen) atoms. The number of benzene rings is 1. The standard InChI is InChI=1S/C9H4F2O2S/c10-5-1-2-6-4(8(5)11)3-7(14-6)9(12)13/h1-3H,(H,12,13). The van der Waals surface area contributed by atoms with Crippen LogP contribution in [0.5, 0.6) is 0 Å². The van der Waals surface area contributed by atoms with Crippen molar-refractivity contribution in [3.63, 3.8) is 0 Å². The van der Waals surface area contributed by atoms with E-state index in [2.05, 4.69) is 0 Å². The summed E-state index contributed by atoms with van der Waals surface area (Å²) >= 11 is 0.922. The Morgan fingerprint density at radius 2 is 2.07 bits per heavy atom. The highest BCUT2D eigenvalue weighted by Crippen LogP contribution is 2.28. The summed E-state index contributed by atoms with van der Waals surface area (Å²) in [5, 5.41) is 8.66. The molecule has 72 valence electrons. The van der Waals surface area contributed by atoms with Crippen molar-refractivity contribution in [3.05, 3.63) is 34.7 Å². The Kier molecular flexibility index (Phi) is 1.96. The molecular formula is C9H4F2O2S. The van der Waals surface area contributed by atoms with Crippen LogP contribution in [0.1, 0.15) is 9.67 Å². The van der Waals surface area contributed by atoms with Crippen molar-refractivity contribution in [2.75, 3.05) is 0 Å². The number of hydrogen-bond donors (Lipinski definition) is 1. The minimum atomic E-state index is -1.13. The van der Waals surface area contributed by atoms with Crippen molar-refractivity contribution in [1.29, 1.82) is 0 Å². The lowest BCUT2D eigenvalue weighted by Crippen LogP contribution is -1.89. The highest BCUT2D eigenvalue weighted by Gasteiger charge is 2.13. The maximum Gasteiger partial charge on any atom is 0.345 e. The van der Waals surface area contributed by atoms with Crippen LogP contribution in [0.4, 0.5) is 8.78 Å². The van der Waals surface area contributed by atoms with Crippen LogP contribution < -0.4 is 0 Å². The molecular weight excluding hydrogens is 210 g/mol. The summed E-state index contributed by atoms with van der Waals surface area (Å²) in [6.45, 7) is 0. The van der Waals surface area contributed by atoms with E-state index in [0.717, 1.165) is 23.5 Å². The normalized spacial score (nSPS) is 10.7. The topological polar surface area (TPSA) is 37.3 Å². The van der Waals surface area contributed by atoms with Gasteiger partial charge in [0, 0.05) is 10.1 Å². The Bertz CT molecular complexity index is 519. The second kappa shape index (κ2) is 3.02. The van der Waals surface area contributed by atoms with Crippen molar-refractivity contribution < 1.29 is 18.7 Å². The van der Waals surface area contributed by atoms with E-state index in [4.69, 9.17) is 5.11 Å². The van der Waals surface area contributed by atoms with Gasteiger partial charge >= 0.3 is 5.97 Å². The molecule has 0 saturated heterocycles. The van der Waals surface area contributed by atoms with Crippen LogP contribution in [0.3, 0.4) is 0 Å². The van der Waals surface area contributed by atoms with E-state index in [1.807, 2.05) is 0 Å². The Labute approximate surface area is 81.4 Å². The molecule has 1 aromatic carbocycles. The Hall–Kier alpha value is -1.49. The summed E-state index contributed by atoms with van der Waals surface area (Å²) in [5.41, 5.74) is 0. The van der Waals surface area contributed by atoms with Gasteiger partial charge in [0.1, 0.15) is 4.88 Å². The number of fused-ring (bicyclic) bond motifs is 1. The number of carboxylic acid groups (broad SMARTS) is 1. The highest BCUT2D eigenvalue weighted by molar-refractivity contribution is 7.20. The van der Waals surface area contributed by atoms with Gasteiger partial charge in [0.15, 0.2) is 11.6 Å². The molecule has 0 aliphatic carbocycles.